The minimum atomic E-state index is -4.49. The maximum Gasteiger partial charge on any atom is 0.416 e. The second kappa shape index (κ2) is 12.0. The van der Waals surface area contributed by atoms with Gasteiger partial charge in [-0.15, -0.1) is 0 Å². The van der Waals surface area contributed by atoms with E-state index in [9.17, 15) is 18.0 Å². The quantitative estimate of drug-likeness (QED) is 0.292. The number of benzene rings is 2. The molecule has 0 radical (unpaired) electrons. The van der Waals surface area contributed by atoms with Crippen molar-refractivity contribution in [2.45, 2.75) is 44.5 Å². The Morgan fingerprint density at radius 2 is 1.72 bits per heavy atom. The average Bonchev–Trinajstić information content (AvgIpc) is 3.74. The minimum absolute atomic E-state index is 0.0375. The van der Waals surface area contributed by atoms with Crippen LogP contribution < -0.4 is 10.5 Å². The van der Waals surface area contributed by atoms with Crippen molar-refractivity contribution in [1.29, 1.82) is 0 Å². The lowest BCUT2D eigenvalue weighted by Gasteiger charge is -2.36. The molecule has 224 valence electrons. The summed E-state index contributed by atoms with van der Waals surface area (Å²) in [6.45, 7) is 3.75. The number of nitrogens with zero attached hydrogens (tertiary/aromatic N) is 5. The van der Waals surface area contributed by atoms with Crippen molar-refractivity contribution >= 4 is 11.7 Å². The third-order valence-corrected chi connectivity index (χ3v) is 8.02. The molecule has 12 heteroatoms. The molecule has 2 aliphatic rings. The van der Waals surface area contributed by atoms with Crippen molar-refractivity contribution < 1.29 is 27.2 Å². The van der Waals surface area contributed by atoms with E-state index in [1.165, 1.54) is 38.1 Å². The largest absolute Gasteiger partial charge is 0.482 e. The van der Waals surface area contributed by atoms with Gasteiger partial charge in [-0.2, -0.15) is 18.2 Å². The van der Waals surface area contributed by atoms with Crippen LogP contribution in [0.5, 0.6) is 5.75 Å². The van der Waals surface area contributed by atoms with Gasteiger partial charge in [-0.05, 0) is 80.7 Å². The summed E-state index contributed by atoms with van der Waals surface area (Å²) >= 11 is 0. The Hall–Kier alpha value is -4.45. The van der Waals surface area contributed by atoms with Gasteiger partial charge in [0.1, 0.15) is 0 Å². The first-order valence-corrected chi connectivity index (χ1v) is 14.3. The number of piperidine rings is 1. The van der Waals surface area contributed by atoms with E-state index >= 15 is 0 Å². The Balaban J connectivity index is 1.08. The molecule has 43 heavy (non-hydrogen) atoms. The van der Waals surface area contributed by atoms with Crippen LogP contribution in [0.3, 0.4) is 0 Å². The van der Waals surface area contributed by atoms with E-state index in [1.807, 2.05) is 29.2 Å². The Labute approximate surface area is 246 Å². The Morgan fingerprint density at radius 3 is 2.44 bits per heavy atom. The molecular weight excluding hydrogens is 561 g/mol. The molecule has 0 bridgehead atoms. The average molecular weight is 593 g/mol. The smallest absolute Gasteiger partial charge is 0.416 e. The SMILES string of the molecule is Nc1ncc(-c2ccc(C(=O)N3CCC(N4CCCC4)CC3)cc2)cc1OCc1noc(-c2cccc(C(F)(F)F)c2)n1. The van der Waals surface area contributed by atoms with Crippen LogP contribution in [0.15, 0.2) is 65.3 Å². The molecular formula is C31H31F3N6O3. The highest BCUT2D eigenvalue weighted by Crippen LogP contribution is 2.32. The Morgan fingerprint density at radius 1 is 0.977 bits per heavy atom. The molecule has 2 aromatic carbocycles. The number of ether oxygens (including phenoxy) is 1. The molecule has 2 fully saturated rings. The zero-order chi connectivity index (χ0) is 30.0. The number of carbonyl (C=O) groups excluding carboxylic acids is 1. The van der Waals surface area contributed by atoms with Crippen LogP contribution in [0.25, 0.3) is 22.6 Å². The van der Waals surface area contributed by atoms with Crippen LogP contribution in [0.1, 0.15) is 47.4 Å². The van der Waals surface area contributed by atoms with Crippen molar-refractivity contribution in [2.24, 2.45) is 0 Å². The number of amides is 1. The first-order valence-electron chi connectivity index (χ1n) is 14.3. The predicted molar refractivity (Wildman–Crippen MR) is 153 cm³/mol. The number of nitrogen functional groups attached to an aromatic ring is 1. The van der Waals surface area contributed by atoms with Crippen molar-refractivity contribution in [1.82, 2.24) is 24.9 Å². The number of hydrogen-bond donors (Lipinski definition) is 1. The number of halogens is 3. The van der Waals surface area contributed by atoms with Gasteiger partial charge in [-0.1, -0.05) is 23.4 Å². The van der Waals surface area contributed by atoms with Gasteiger partial charge in [0.15, 0.2) is 18.2 Å². The van der Waals surface area contributed by atoms with Crippen molar-refractivity contribution in [3.05, 3.63) is 77.7 Å². The van der Waals surface area contributed by atoms with Crippen LogP contribution in [0.4, 0.5) is 19.0 Å². The molecule has 2 aliphatic heterocycles. The normalized spacial score (nSPS) is 16.5. The number of likely N-dealkylation sites (tertiary alicyclic amines) is 2. The van der Waals surface area contributed by atoms with E-state index in [1.54, 1.807) is 12.3 Å². The lowest BCUT2D eigenvalue weighted by Crippen LogP contribution is -2.45. The summed E-state index contributed by atoms with van der Waals surface area (Å²) in [4.78, 5) is 26.0. The van der Waals surface area contributed by atoms with Gasteiger partial charge in [0, 0.05) is 42.0 Å². The number of hydrogen-bond acceptors (Lipinski definition) is 8. The highest BCUT2D eigenvalue weighted by atomic mass is 19.4. The summed E-state index contributed by atoms with van der Waals surface area (Å²) in [5.41, 5.74) is 7.54. The molecule has 4 aromatic rings. The van der Waals surface area contributed by atoms with Crippen LogP contribution >= 0.6 is 0 Å². The van der Waals surface area contributed by atoms with E-state index in [4.69, 9.17) is 15.0 Å². The third kappa shape index (κ3) is 6.48. The van der Waals surface area contributed by atoms with E-state index < -0.39 is 11.7 Å². The lowest BCUT2D eigenvalue weighted by atomic mass is 10.0. The highest BCUT2D eigenvalue weighted by molar-refractivity contribution is 5.94. The van der Waals surface area contributed by atoms with Gasteiger partial charge in [0.25, 0.3) is 11.8 Å². The maximum atomic E-state index is 13.1. The Kier molecular flexibility index (Phi) is 8.02. The number of rotatable bonds is 7. The van der Waals surface area contributed by atoms with E-state index in [0.29, 0.717) is 11.6 Å². The van der Waals surface area contributed by atoms with Gasteiger partial charge in [-0.3, -0.25) is 4.79 Å². The van der Waals surface area contributed by atoms with Crippen LogP contribution in [-0.4, -0.2) is 63.1 Å². The molecule has 0 unspecified atom stereocenters. The summed E-state index contributed by atoms with van der Waals surface area (Å²) in [6, 6.07) is 14.3. The first kappa shape index (κ1) is 28.7. The highest BCUT2D eigenvalue weighted by Gasteiger charge is 2.31. The van der Waals surface area contributed by atoms with Gasteiger partial charge >= 0.3 is 6.18 Å². The predicted octanol–water partition coefficient (Wildman–Crippen LogP) is 5.68. The summed E-state index contributed by atoms with van der Waals surface area (Å²) < 4.78 is 50.1. The molecule has 9 nitrogen and oxygen atoms in total. The van der Waals surface area contributed by atoms with Crippen LogP contribution in [0.2, 0.25) is 0 Å². The fourth-order valence-corrected chi connectivity index (χ4v) is 5.66. The number of anilines is 1. The van der Waals surface area contributed by atoms with Gasteiger partial charge in [-0.25, -0.2) is 4.98 Å². The number of pyridine rings is 1. The number of carbonyl (C=O) groups is 1. The van der Waals surface area contributed by atoms with Gasteiger partial charge < -0.3 is 24.8 Å². The number of alkyl halides is 3. The van der Waals surface area contributed by atoms with Gasteiger partial charge in [0.2, 0.25) is 5.82 Å². The second-order valence-corrected chi connectivity index (χ2v) is 10.8. The zero-order valence-corrected chi connectivity index (χ0v) is 23.4. The minimum Gasteiger partial charge on any atom is -0.482 e. The lowest BCUT2D eigenvalue weighted by molar-refractivity contribution is -0.137. The maximum absolute atomic E-state index is 13.1. The van der Waals surface area contributed by atoms with E-state index in [0.717, 1.165) is 49.2 Å². The summed E-state index contributed by atoms with van der Waals surface area (Å²) in [6.07, 6.45) is 1.70. The van der Waals surface area contributed by atoms with Crippen LogP contribution in [0, 0.1) is 0 Å². The molecule has 6 rings (SSSR count). The fourth-order valence-electron chi connectivity index (χ4n) is 5.66. The molecule has 2 saturated heterocycles. The molecule has 4 heterocycles. The van der Waals surface area contributed by atoms with E-state index in [2.05, 4.69) is 20.0 Å². The molecule has 0 atom stereocenters. The molecule has 0 spiro atoms. The standard InChI is InChI=1S/C31H31F3N6O3/c32-31(33,34)24-5-3-4-22(16-24)29-37-27(38-43-29)19-42-26-17-23(18-36-28(26)35)20-6-8-21(9-7-20)30(41)40-14-10-25(11-15-40)39-12-1-2-13-39/h3-9,16-18,25H,1-2,10-15,19H2,(H2,35,36). The Bertz CT molecular complexity index is 1580. The monoisotopic (exact) mass is 592 g/mol. The van der Waals surface area contributed by atoms with Crippen molar-refractivity contribution in [2.75, 3.05) is 31.9 Å². The third-order valence-electron chi connectivity index (χ3n) is 8.02. The van der Waals surface area contributed by atoms with Crippen LogP contribution in [-0.2, 0) is 12.8 Å². The summed E-state index contributed by atoms with van der Waals surface area (Å²) in [7, 11) is 0. The molecule has 2 aromatic heterocycles. The van der Waals surface area contributed by atoms with E-state index in [-0.39, 0.29) is 41.4 Å². The molecule has 2 N–H and O–H groups in total. The number of aromatic nitrogens is 3. The number of nitrogens with two attached hydrogens (primary N) is 1. The second-order valence-electron chi connectivity index (χ2n) is 10.8. The van der Waals surface area contributed by atoms with Gasteiger partial charge in [0.05, 0.1) is 5.56 Å². The molecule has 0 aliphatic carbocycles. The topological polar surface area (TPSA) is 111 Å². The molecule has 1 amide bonds. The van der Waals surface area contributed by atoms with Crippen molar-refractivity contribution in [3.63, 3.8) is 0 Å². The summed E-state index contributed by atoms with van der Waals surface area (Å²) in [5.74, 6) is 0.536. The first-order chi connectivity index (χ1) is 20.7. The zero-order valence-electron chi connectivity index (χ0n) is 23.4. The summed E-state index contributed by atoms with van der Waals surface area (Å²) in [5, 5.41) is 3.81. The van der Waals surface area contributed by atoms with Crippen molar-refractivity contribution in [3.8, 4) is 28.3 Å². The molecule has 0 saturated carbocycles. The fraction of sp³-hybridized carbons (Fsp3) is 0.355.